The molecule has 0 heterocycles. The zero-order valence-corrected chi connectivity index (χ0v) is 20.5. The summed E-state index contributed by atoms with van der Waals surface area (Å²) in [5, 5.41) is 15.6. The molecule has 0 saturated carbocycles. The number of aliphatic hydroxyl groups excluding tert-OH is 1. The summed E-state index contributed by atoms with van der Waals surface area (Å²) in [5.74, 6) is 0.830. The highest BCUT2D eigenvalue weighted by Gasteiger charge is 2.17. The van der Waals surface area contributed by atoms with Crippen LogP contribution >= 0.6 is 0 Å². The molecule has 3 aromatic rings. The lowest BCUT2D eigenvalue weighted by Gasteiger charge is -2.21. The molecule has 0 bridgehead atoms. The van der Waals surface area contributed by atoms with Crippen molar-refractivity contribution >= 4 is 16.6 Å². The predicted molar refractivity (Wildman–Crippen MR) is 144 cm³/mol. The number of benzene rings is 3. The zero-order chi connectivity index (χ0) is 25.0. The SMILES string of the molecule is C=CCN(CC=C)CCOc1ccc(C(=O)CCNC(C)C(O)c2ccccc2)c2ccccc12. The van der Waals surface area contributed by atoms with Crippen molar-refractivity contribution in [2.45, 2.75) is 25.5 Å². The molecule has 184 valence electrons. The molecule has 0 spiro atoms. The number of rotatable bonds is 15. The van der Waals surface area contributed by atoms with Gasteiger partial charge in [-0.1, -0.05) is 66.7 Å². The van der Waals surface area contributed by atoms with Crippen molar-refractivity contribution in [2.75, 3.05) is 32.8 Å². The minimum atomic E-state index is -0.627. The summed E-state index contributed by atoms with van der Waals surface area (Å²) >= 11 is 0. The van der Waals surface area contributed by atoms with Gasteiger partial charge in [-0.2, -0.15) is 0 Å². The fourth-order valence-electron chi connectivity index (χ4n) is 4.15. The van der Waals surface area contributed by atoms with Crippen molar-refractivity contribution in [3.63, 3.8) is 0 Å². The van der Waals surface area contributed by atoms with Crippen molar-refractivity contribution in [3.05, 3.63) is 103 Å². The Kier molecular flexibility index (Phi) is 10.2. The molecule has 0 fully saturated rings. The van der Waals surface area contributed by atoms with Crippen molar-refractivity contribution in [1.82, 2.24) is 10.2 Å². The topological polar surface area (TPSA) is 61.8 Å². The lowest BCUT2D eigenvalue weighted by atomic mass is 9.98. The van der Waals surface area contributed by atoms with Crippen LogP contribution in [0.3, 0.4) is 0 Å². The minimum Gasteiger partial charge on any atom is -0.492 e. The predicted octanol–water partition coefficient (Wildman–Crippen LogP) is 5.18. The number of hydrogen-bond donors (Lipinski definition) is 2. The molecule has 2 atom stereocenters. The van der Waals surface area contributed by atoms with E-state index in [1.807, 2.05) is 85.8 Å². The highest BCUT2D eigenvalue weighted by molar-refractivity contribution is 6.09. The van der Waals surface area contributed by atoms with Gasteiger partial charge in [-0.3, -0.25) is 9.69 Å². The van der Waals surface area contributed by atoms with Crippen LogP contribution in [0.2, 0.25) is 0 Å². The lowest BCUT2D eigenvalue weighted by molar-refractivity contribution is 0.0973. The highest BCUT2D eigenvalue weighted by atomic mass is 16.5. The van der Waals surface area contributed by atoms with Gasteiger partial charge in [0, 0.05) is 49.6 Å². The van der Waals surface area contributed by atoms with Crippen LogP contribution < -0.4 is 10.1 Å². The van der Waals surface area contributed by atoms with Crippen LogP contribution in [0.25, 0.3) is 10.8 Å². The van der Waals surface area contributed by atoms with Crippen molar-refractivity contribution in [3.8, 4) is 5.75 Å². The number of ether oxygens (including phenoxy) is 1. The molecule has 3 aromatic carbocycles. The van der Waals surface area contributed by atoms with Gasteiger partial charge in [0.05, 0.1) is 6.10 Å². The van der Waals surface area contributed by atoms with Crippen LogP contribution in [0.15, 0.2) is 92.0 Å². The van der Waals surface area contributed by atoms with E-state index in [9.17, 15) is 9.90 Å². The van der Waals surface area contributed by atoms with Gasteiger partial charge in [0.1, 0.15) is 12.4 Å². The molecule has 5 nitrogen and oxygen atoms in total. The molecule has 0 aliphatic heterocycles. The molecule has 0 radical (unpaired) electrons. The van der Waals surface area contributed by atoms with Gasteiger partial charge in [-0.25, -0.2) is 0 Å². The first-order valence-corrected chi connectivity index (χ1v) is 12.1. The molecule has 0 amide bonds. The van der Waals surface area contributed by atoms with E-state index in [-0.39, 0.29) is 11.8 Å². The lowest BCUT2D eigenvalue weighted by Crippen LogP contribution is -2.33. The molecular formula is C30H36N2O3. The average Bonchev–Trinajstić information content (AvgIpc) is 2.88. The summed E-state index contributed by atoms with van der Waals surface area (Å²) in [6, 6.07) is 21.0. The third kappa shape index (κ3) is 7.36. The second kappa shape index (κ2) is 13.6. The number of nitrogens with one attached hydrogen (secondary N) is 1. The zero-order valence-electron chi connectivity index (χ0n) is 20.5. The Morgan fingerprint density at radius 1 is 1.00 bits per heavy atom. The third-order valence-electron chi connectivity index (χ3n) is 6.06. The average molecular weight is 473 g/mol. The van der Waals surface area contributed by atoms with Crippen molar-refractivity contribution in [2.24, 2.45) is 0 Å². The number of aliphatic hydroxyl groups is 1. The Hall–Kier alpha value is -3.25. The van der Waals surface area contributed by atoms with E-state index in [0.29, 0.717) is 25.1 Å². The maximum absolute atomic E-state index is 13.1. The Morgan fingerprint density at radius 2 is 1.66 bits per heavy atom. The molecule has 5 heteroatoms. The minimum absolute atomic E-state index is 0.0600. The van der Waals surface area contributed by atoms with Crippen LogP contribution in [0.1, 0.15) is 35.4 Å². The van der Waals surface area contributed by atoms with Gasteiger partial charge in [-0.05, 0) is 30.0 Å². The normalized spacial score (nSPS) is 12.9. The Morgan fingerprint density at radius 3 is 2.34 bits per heavy atom. The third-order valence-corrected chi connectivity index (χ3v) is 6.06. The molecule has 2 N–H and O–H groups in total. The van der Waals surface area contributed by atoms with E-state index in [2.05, 4.69) is 23.4 Å². The van der Waals surface area contributed by atoms with Gasteiger partial charge in [-0.15, -0.1) is 13.2 Å². The summed E-state index contributed by atoms with van der Waals surface area (Å²) in [5.41, 5.74) is 1.54. The van der Waals surface area contributed by atoms with Crippen LogP contribution in [0.4, 0.5) is 0 Å². The van der Waals surface area contributed by atoms with Gasteiger partial charge >= 0.3 is 0 Å². The Balaban J connectivity index is 1.61. The summed E-state index contributed by atoms with van der Waals surface area (Å²) in [7, 11) is 0. The van der Waals surface area contributed by atoms with Crippen LogP contribution in [-0.2, 0) is 0 Å². The van der Waals surface area contributed by atoms with E-state index in [1.165, 1.54) is 0 Å². The van der Waals surface area contributed by atoms with Gasteiger partial charge < -0.3 is 15.2 Å². The quantitative estimate of drug-likeness (QED) is 0.236. The van der Waals surface area contributed by atoms with E-state index >= 15 is 0 Å². The number of carbonyl (C=O) groups is 1. The van der Waals surface area contributed by atoms with Crippen LogP contribution in [0, 0.1) is 0 Å². The van der Waals surface area contributed by atoms with Crippen LogP contribution in [0.5, 0.6) is 5.75 Å². The first kappa shape index (κ1) is 26.4. The second-order valence-electron chi connectivity index (χ2n) is 8.61. The second-order valence-corrected chi connectivity index (χ2v) is 8.61. The standard InChI is InChI=1S/C30H36N2O3/c1-4-19-32(20-5-2)21-22-35-29-16-15-26(25-13-9-10-14-27(25)29)28(33)17-18-31-23(3)30(34)24-11-7-6-8-12-24/h4-16,23,30-31,34H,1-2,17-22H2,3H3. The molecule has 0 aliphatic carbocycles. The number of carbonyl (C=O) groups excluding carboxylic acids is 1. The Bertz CT molecular complexity index is 1100. The first-order valence-electron chi connectivity index (χ1n) is 12.1. The summed E-state index contributed by atoms with van der Waals surface area (Å²) < 4.78 is 6.10. The van der Waals surface area contributed by atoms with Gasteiger partial charge in [0.2, 0.25) is 0 Å². The largest absolute Gasteiger partial charge is 0.492 e. The van der Waals surface area contributed by atoms with E-state index in [1.54, 1.807) is 0 Å². The fraction of sp³-hybridized carbons (Fsp3) is 0.300. The van der Waals surface area contributed by atoms with Gasteiger partial charge in [0.25, 0.3) is 0 Å². The van der Waals surface area contributed by atoms with E-state index in [0.717, 1.165) is 41.7 Å². The number of ketones is 1. The summed E-state index contributed by atoms with van der Waals surface area (Å²) in [6.45, 7) is 12.9. The van der Waals surface area contributed by atoms with Crippen molar-refractivity contribution < 1.29 is 14.6 Å². The monoisotopic (exact) mass is 472 g/mol. The molecule has 0 aromatic heterocycles. The molecular weight excluding hydrogens is 436 g/mol. The smallest absolute Gasteiger partial charge is 0.164 e. The molecule has 0 aliphatic rings. The Labute approximate surface area is 208 Å². The molecule has 0 saturated heterocycles. The van der Waals surface area contributed by atoms with E-state index < -0.39 is 6.10 Å². The maximum Gasteiger partial charge on any atom is 0.164 e. The number of nitrogens with zero attached hydrogens (tertiary/aromatic N) is 1. The molecule has 2 unspecified atom stereocenters. The summed E-state index contributed by atoms with van der Waals surface area (Å²) in [4.78, 5) is 15.3. The van der Waals surface area contributed by atoms with E-state index in [4.69, 9.17) is 4.74 Å². The fourth-order valence-corrected chi connectivity index (χ4v) is 4.15. The molecule has 3 rings (SSSR count). The number of fused-ring (bicyclic) bond motifs is 1. The van der Waals surface area contributed by atoms with Crippen molar-refractivity contribution in [1.29, 1.82) is 0 Å². The maximum atomic E-state index is 13.1. The number of hydrogen-bond acceptors (Lipinski definition) is 5. The summed E-state index contributed by atoms with van der Waals surface area (Å²) in [6.07, 6.45) is 3.46. The van der Waals surface area contributed by atoms with Gasteiger partial charge in [0.15, 0.2) is 5.78 Å². The van der Waals surface area contributed by atoms with Crippen LogP contribution in [-0.4, -0.2) is 54.6 Å². The number of Topliss-reactive ketones (excluding diaryl/α,β-unsaturated/α-hetero) is 1. The first-order chi connectivity index (χ1) is 17.0. The highest BCUT2D eigenvalue weighted by Crippen LogP contribution is 2.29. The molecule has 35 heavy (non-hydrogen) atoms.